The molecule has 5 fully saturated rings. The first kappa shape index (κ1) is 45.3. The van der Waals surface area contributed by atoms with Crippen molar-refractivity contribution in [2.75, 3.05) is 20.8 Å². The third-order valence-corrected chi connectivity index (χ3v) is 16.0. The van der Waals surface area contributed by atoms with Crippen LogP contribution in [0, 0.1) is 34.5 Å². The van der Waals surface area contributed by atoms with Gasteiger partial charge in [0.1, 0.15) is 24.4 Å². The molecule has 0 radical (unpaired) electrons. The van der Waals surface area contributed by atoms with Crippen LogP contribution in [0.1, 0.15) is 100 Å². The van der Waals surface area contributed by atoms with Crippen molar-refractivity contribution in [3.05, 3.63) is 83.4 Å². The maximum Gasteiger partial charge on any atom is 0.338 e. The molecule has 2 saturated heterocycles. The van der Waals surface area contributed by atoms with Crippen LogP contribution >= 0.6 is 0 Å². The van der Waals surface area contributed by atoms with Crippen LogP contribution in [0.25, 0.3) is 0 Å². The summed E-state index contributed by atoms with van der Waals surface area (Å²) in [5, 5.41) is 36.7. The normalized spacial score (nSPS) is 43.3. The maximum absolute atomic E-state index is 14.0. The summed E-state index contributed by atoms with van der Waals surface area (Å²) in [4.78, 5) is 27.3. The average molecular weight is 863 g/mol. The Labute approximate surface area is 365 Å². The smallest absolute Gasteiger partial charge is 0.338 e. The Morgan fingerprint density at radius 1 is 0.855 bits per heavy atom. The number of methoxy groups -OCH3 is 2. The predicted octanol–water partition coefficient (Wildman–Crippen LogP) is 6.02. The first-order valence-corrected chi connectivity index (χ1v) is 22.6. The van der Waals surface area contributed by atoms with Crippen LogP contribution in [0.5, 0.6) is 0 Å². The number of fused-ring (bicyclic) bond motifs is 5. The number of carbonyl (C=O) groups is 2. The van der Waals surface area contributed by atoms with Crippen LogP contribution < -0.4 is 0 Å². The highest BCUT2D eigenvalue weighted by Crippen LogP contribution is 2.69. The monoisotopic (exact) mass is 862 g/mol. The number of esters is 2. The van der Waals surface area contributed by atoms with E-state index in [1.165, 1.54) is 0 Å². The summed E-state index contributed by atoms with van der Waals surface area (Å²) in [6, 6.07) is 17.5. The van der Waals surface area contributed by atoms with Gasteiger partial charge >= 0.3 is 11.9 Å². The number of allylic oxidation sites excluding steroid dienone is 1. The summed E-state index contributed by atoms with van der Waals surface area (Å²) in [6.45, 7) is 10.2. The quantitative estimate of drug-likeness (QED) is 0.177. The molecule has 340 valence electrons. The van der Waals surface area contributed by atoms with E-state index in [9.17, 15) is 24.9 Å². The number of ether oxygens (including phenoxy) is 8. The van der Waals surface area contributed by atoms with Gasteiger partial charge in [-0.15, -0.1) is 0 Å². The zero-order valence-electron chi connectivity index (χ0n) is 37.1. The van der Waals surface area contributed by atoms with Gasteiger partial charge in [0.25, 0.3) is 0 Å². The molecule has 18 unspecified atom stereocenters. The second-order valence-corrected chi connectivity index (χ2v) is 19.3. The number of rotatable bonds is 11. The van der Waals surface area contributed by atoms with Gasteiger partial charge in [-0.1, -0.05) is 68.8 Å². The minimum absolute atomic E-state index is 0.0264. The summed E-state index contributed by atoms with van der Waals surface area (Å²) in [6.07, 6.45) is -1.11. The van der Waals surface area contributed by atoms with Crippen molar-refractivity contribution >= 4 is 11.9 Å². The second kappa shape index (κ2) is 18.0. The summed E-state index contributed by atoms with van der Waals surface area (Å²) in [5.74, 6) is -2.30. The largest absolute Gasteiger partial charge is 0.459 e. The van der Waals surface area contributed by atoms with Gasteiger partial charge in [0.15, 0.2) is 12.6 Å². The first-order chi connectivity index (χ1) is 29.6. The van der Waals surface area contributed by atoms with Gasteiger partial charge in [0.2, 0.25) is 0 Å². The minimum atomic E-state index is -1.36. The van der Waals surface area contributed by atoms with Gasteiger partial charge in [-0.05, 0) is 88.0 Å². The van der Waals surface area contributed by atoms with Crippen molar-refractivity contribution < 1.29 is 62.8 Å². The molecule has 2 aromatic rings. The Morgan fingerprint density at radius 3 is 2.19 bits per heavy atom. The summed E-state index contributed by atoms with van der Waals surface area (Å²) < 4.78 is 49.8. The van der Waals surface area contributed by atoms with Crippen LogP contribution in [0.4, 0.5) is 0 Å². The number of benzene rings is 2. The average Bonchev–Trinajstić information content (AvgIpc) is 3.56. The molecular formula is C49H66O13. The Bertz CT molecular complexity index is 1910. The molecule has 0 bridgehead atoms. The Kier molecular flexibility index (Phi) is 13.1. The van der Waals surface area contributed by atoms with E-state index in [4.69, 9.17) is 37.9 Å². The Balaban J connectivity index is 1.03. The van der Waals surface area contributed by atoms with Gasteiger partial charge in [-0.2, -0.15) is 0 Å². The van der Waals surface area contributed by atoms with E-state index in [2.05, 4.69) is 13.0 Å². The van der Waals surface area contributed by atoms with E-state index in [-0.39, 0.29) is 17.9 Å². The zero-order chi connectivity index (χ0) is 44.1. The fourth-order valence-electron chi connectivity index (χ4n) is 12.6. The SMILES string of the molecule is COC1CC(OC2C(C)COC(OC3CCC4(C)C(=CCC5C4C(O)C(OC(=O)c4ccccc4)C4(C)C(C(C)OC(=O)c6ccccc6)CCC54O)C3)C2OC)OC(C)C1O. The molecule has 8 rings (SSSR count). The minimum Gasteiger partial charge on any atom is -0.459 e. The standard InChI is InChI=1S/C49H66O13/c1-27-26-57-46(42(56-7)41(27)61-37-25-36(55-6)39(50)29(3)58-37)60-33-20-22-47(4)32(24-33)18-19-35-38(47)40(51)43(62-45(53)31-16-12-9-13-17-31)48(5)34(21-23-49(35,48)54)28(2)59-44(52)30-14-10-8-11-15-30/h8-18,27-29,33-43,46,50-51,54H,19-26H2,1-7H3. The Hall–Kier alpha value is -3.24. The van der Waals surface area contributed by atoms with Crippen LogP contribution in [0.3, 0.4) is 0 Å². The highest BCUT2D eigenvalue weighted by Gasteiger charge is 2.74. The van der Waals surface area contributed by atoms with E-state index in [0.29, 0.717) is 62.7 Å². The van der Waals surface area contributed by atoms with Gasteiger partial charge in [-0.3, -0.25) is 0 Å². The van der Waals surface area contributed by atoms with Crippen LogP contribution in [-0.4, -0.2) is 121 Å². The molecule has 0 spiro atoms. The van der Waals surface area contributed by atoms with Crippen molar-refractivity contribution in [3.8, 4) is 0 Å². The number of aliphatic hydroxyl groups is 3. The van der Waals surface area contributed by atoms with Crippen molar-refractivity contribution in [3.63, 3.8) is 0 Å². The molecule has 2 aromatic carbocycles. The fourth-order valence-corrected chi connectivity index (χ4v) is 12.6. The second-order valence-electron chi connectivity index (χ2n) is 19.3. The van der Waals surface area contributed by atoms with E-state index in [1.54, 1.807) is 69.7 Å². The third-order valence-electron chi connectivity index (χ3n) is 16.0. The van der Waals surface area contributed by atoms with Crippen molar-refractivity contribution in [2.45, 2.75) is 153 Å². The van der Waals surface area contributed by atoms with Crippen LogP contribution in [0.2, 0.25) is 0 Å². The number of aliphatic hydroxyl groups excluding tert-OH is 2. The van der Waals surface area contributed by atoms with E-state index < -0.39 is 102 Å². The van der Waals surface area contributed by atoms with Crippen molar-refractivity contribution in [1.82, 2.24) is 0 Å². The molecule has 0 aromatic heterocycles. The molecule has 2 aliphatic heterocycles. The molecule has 2 heterocycles. The lowest BCUT2D eigenvalue weighted by molar-refractivity contribution is -0.326. The summed E-state index contributed by atoms with van der Waals surface area (Å²) in [5.41, 5.74) is -1.17. The molecule has 6 aliphatic rings. The summed E-state index contributed by atoms with van der Waals surface area (Å²) in [7, 11) is 3.20. The molecule has 0 amide bonds. The first-order valence-electron chi connectivity index (χ1n) is 22.6. The fraction of sp³-hybridized carbons (Fsp3) is 0.673. The van der Waals surface area contributed by atoms with Gasteiger partial charge in [0, 0.05) is 43.8 Å². The molecular weight excluding hydrogens is 797 g/mol. The third kappa shape index (κ3) is 7.87. The van der Waals surface area contributed by atoms with Crippen LogP contribution in [-0.2, 0) is 37.9 Å². The lowest BCUT2D eigenvalue weighted by Gasteiger charge is -2.65. The molecule has 3 saturated carbocycles. The molecule has 13 nitrogen and oxygen atoms in total. The van der Waals surface area contributed by atoms with Gasteiger partial charge in [-0.25, -0.2) is 9.59 Å². The van der Waals surface area contributed by atoms with E-state index in [1.807, 2.05) is 32.9 Å². The molecule has 3 N–H and O–H groups in total. The number of hydrogen-bond acceptors (Lipinski definition) is 13. The molecule has 4 aliphatic carbocycles. The lowest BCUT2D eigenvalue weighted by Crippen LogP contribution is -2.72. The molecule has 13 heteroatoms. The van der Waals surface area contributed by atoms with Gasteiger partial charge < -0.3 is 53.2 Å². The van der Waals surface area contributed by atoms with Crippen molar-refractivity contribution in [2.24, 2.45) is 34.5 Å². The molecule has 62 heavy (non-hydrogen) atoms. The highest BCUT2D eigenvalue weighted by molar-refractivity contribution is 5.90. The number of hydrogen-bond donors (Lipinski definition) is 3. The van der Waals surface area contributed by atoms with E-state index in [0.717, 1.165) is 5.57 Å². The Morgan fingerprint density at radius 2 is 1.53 bits per heavy atom. The predicted molar refractivity (Wildman–Crippen MR) is 226 cm³/mol. The van der Waals surface area contributed by atoms with E-state index >= 15 is 0 Å². The lowest BCUT2D eigenvalue weighted by atomic mass is 9.44. The highest BCUT2D eigenvalue weighted by atomic mass is 16.7. The maximum atomic E-state index is 14.0. The number of carbonyl (C=O) groups excluding carboxylic acids is 2. The molecule has 18 atom stereocenters. The van der Waals surface area contributed by atoms with Crippen molar-refractivity contribution in [1.29, 1.82) is 0 Å². The van der Waals surface area contributed by atoms with Gasteiger partial charge in [0.05, 0.1) is 53.9 Å². The van der Waals surface area contributed by atoms with Crippen LogP contribution in [0.15, 0.2) is 72.3 Å². The zero-order valence-corrected chi connectivity index (χ0v) is 37.1. The topological polar surface area (TPSA) is 169 Å². The summed E-state index contributed by atoms with van der Waals surface area (Å²) >= 11 is 0.